The second-order valence-electron chi connectivity index (χ2n) is 4.28. The molecule has 82 valence electrons. The van der Waals surface area contributed by atoms with Gasteiger partial charge in [-0.2, -0.15) is 12.6 Å². The third-order valence-electron chi connectivity index (χ3n) is 2.55. The lowest BCUT2D eigenvalue weighted by Gasteiger charge is -2.19. The Morgan fingerprint density at radius 3 is 2.57 bits per heavy atom. The summed E-state index contributed by atoms with van der Waals surface area (Å²) in [6.45, 7) is 7.87. The Hall–Kier alpha value is -0.220. The molecule has 1 aliphatic rings. The molecule has 0 aromatic rings. The van der Waals surface area contributed by atoms with Crippen LogP contribution in [0.5, 0.6) is 0 Å². The van der Waals surface area contributed by atoms with Crippen LogP contribution < -0.4 is 5.32 Å². The van der Waals surface area contributed by atoms with Gasteiger partial charge in [0.05, 0.1) is 5.92 Å². The number of carbonyl (C=O) groups is 1. The van der Waals surface area contributed by atoms with E-state index in [1.165, 1.54) is 0 Å². The highest BCUT2D eigenvalue weighted by Gasteiger charge is 2.29. The summed E-state index contributed by atoms with van der Waals surface area (Å²) < 4.78 is 0. The Kier molecular flexibility index (Phi) is 4.26. The molecule has 0 aliphatic carbocycles. The van der Waals surface area contributed by atoms with Crippen molar-refractivity contribution in [3.05, 3.63) is 0 Å². The number of nitrogens with zero attached hydrogens (tertiary/aromatic N) is 1. The van der Waals surface area contributed by atoms with Gasteiger partial charge in [-0.05, 0) is 27.2 Å². The normalized spacial score (nSPS) is 25.4. The summed E-state index contributed by atoms with van der Waals surface area (Å²) in [5.74, 6) is 0.350. The molecule has 0 bridgehead atoms. The van der Waals surface area contributed by atoms with Crippen LogP contribution in [0.4, 0.5) is 0 Å². The first kappa shape index (κ1) is 11.9. The van der Waals surface area contributed by atoms with Crippen molar-refractivity contribution in [2.75, 3.05) is 13.1 Å². The minimum Gasteiger partial charge on any atom is -0.354 e. The maximum absolute atomic E-state index is 11.7. The third kappa shape index (κ3) is 3.17. The average molecular weight is 216 g/mol. The van der Waals surface area contributed by atoms with Crippen LogP contribution in [0, 0.1) is 5.92 Å². The predicted molar refractivity (Wildman–Crippen MR) is 61.4 cm³/mol. The highest BCUT2D eigenvalue weighted by molar-refractivity contribution is 7.80. The van der Waals surface area contributed by atoms with E-state index in [-0.39, 0.29) is 23.2 Å². The van der Waals surface area contributed by atoms with Gasteiger partial charge in [0, 0.05) is 24.5 Å². The van der Waals surface area contributed by atoms with E-state index in [1.54, 1.807) is 0 Å². The number of thiol groups is 1. The van der Waals surface area contributed by atoms with Gasteiger partial charge in [0.2, 0.25) is 5.91 Å². The smallest absolute Gasteiger partial charge is 0.224 e. The molecule has 3 nitrogen and oxygen atoms in total. The SMILES string of the molecule is CC(C)NC(=O)C1CCN(C(C)S)C1. The molecule has 1 heterocycles. The van der Waals surface area contributed by atoms with Crippen molar-refractivity contribution in [1.82, 2.24) is 10.2 Å². The average Bonchev–Trinajstić information content (AvgIpc) is 2.50. The Bertz CT molecular complexity index is 206. The summed E-state index contributed by atoms with van der Waals surface area (Å²) in [6, 6.07) is 0.241. The predicted octanol–water partition coefficient (Wildman–Crippen LogP) is 1.11. The van der Waals surface area contributed by atoms with Gasteiger partial charge >= 0.3 is 0 Å². The van der Waals surface area contributed by atoms with Crippen molar-refractivity contribution in [3.8, 4) is 0 Å². The standard InChI is InChI=1S/C10H20N2OS/c1-7(2)11-10(13)9-4-5-12(6-9)8(3)14/h7-9,14H,4-6H2,1-3H3,(H,11,13). The number of hydrogen-bond donors (Lipinski definition) is 2. The molecule has 1 amide bonds. The monoisotopic (exact) mass is 216 g/mol. The molecule has 0 aromatic carbocycles. The molecule has 1 saturated heterocycles. The van der Waals surface area contributed by atoms with Crippen molar-refractivity contribution in [3.63, 3.8) is 0 Å². The highest BCUT2D eigenvalue weighted by Crippen LogP contribution is 2.19. The molecule has 2 unspecified atom stereocenters. The number of carbonyl (C=O) groups excluding carboxylic acids is 1. The second kappa shape index (κ2) is 5.03. The van der Waals surface area contributed by atoms with E-state index in [4.69, 9.17) is 0 Å². The van der Waals surface area contributed by atoms with Crippen LogP contribution in [0.25, 0.3) is 0 Å². The summed E-state index contributed by atoms with van der Waals surface area (Å²) in [5, 5.41) is 3.21. The number of nitrogens with one attached hydrogen (secondary N) is 1. The molecule has 1 rings (SSSR count). The van der Waals surface area contributed by atoms with E-state index in [0.29, 0.717) is 0 Å². The van der Waals surface area contributed by atoms with Crippen molar-refractivity contribution in [1.29, 1.82) is 0 Å². The van der Waals surface area contributed by atoms with E-state index < -0.39 is 0 Å². The van der Waals surface area contributed by atoms with Gasteiger partial charge in [-0.3, -0.25) is 9.69 Å². The van der Waals surface area contributed by atoms with Gasteiger partial charge in [-0.25, -0.2) is 0 Å². The van der Waals surface area contributed by atoms with E-state index >= 15 is 0 Å². The molecule has 2 atom stereocenters. The topological polar surface area (TPSA) is 32.3 Å². The number of rotatable bonds is 3. The molecule has 0 spiro atoms. The van der Waals surface area contributed by atoms with Crippen molar-refractivity contribution < 1.29 is 4.79 Å². The first-order valence-corrected chi connectivity index (χ1v) is 5.75. The van der Waals surface area contributed by atoms with Crippen LogP contribution in [0.15, 0.2) is 0 Å². The minimum atomic E-state index is 0.159. The van der Waals surface area contributed by atoms with Gasteiger partial charge in [0.1, 0.15) is 0 Å². The van der Waals surface area contributed by atoms with Gasteiger partial charge < -0.3 is 5.32 Å². The Balaban J connectivity index is 2.38. The summed E-state index contributed by atoms with van der Waals surface area (Å²) in [7, 11) is 0. The van der Waals surface area contributed by atoms with Gasteiger partial charge in [-0.15, -0.1) is 0 Å². The fraction of sp³-hybridized carbons (Fsp3) is 0.900. The molecular formula is C10H20N2OS. The summed E-state index contributed by atoms with van der Waals surface area (Å²) in [5.41, 5.74) is 0. The summed E-state index contributed by atoms with van der Waals surface area (Å²) >= 11 is 4.37. The largest absolute Gasteiger partial charge is 0.354 e. The first-order chi connectivity index (χ1) is 6.50. The van der Waals surface area contributed by atoms with E-state index in [0.717, 1.165) is 19.5 Å². The Labute approximate surface area is 91.6 Å². The Morgan fingerprint density at radius 2 is 2.14 bits per heavy atom. The molecule has 1 N–H and O–H groups in total. The van der Waals surface area contributed by atoms with Crippen LogP contribution >= 0.6 is 12.6 Å². The molecule has 1 aliphatic heterocycles. The zero-order chi connectivity index (χ0) is 10.7. The summed E-state index contributed by atoms with van der Waals surface area (Å²) in [6.07, 6.45) is 0.962. The highest BCUT2D eigenvalue weighted by atomic mass is 32.1. The number of amides is 1. The van der Waals surface area contributed by atoms with Crippen LogP contribution in [0.3, 0.4) is 0 Å². The van der Waals surface area contributed by atoms with Gasteiger partial charge in [0.15, 0.2) is 0 Å². The zero-order valence-corrected chi connectivity index (χ0v) is 10.1. The van der Waals surface area contributed by atoms with E-state index in [2.05, 4.69) is 22.8 Å². The molecule has 0 aromatic heterocycles. The van der Waals surface area contributed by atoms with E-state index in [1.807, 2.05) is 20.8 Å². The lowest BCUT2D eigenvalue weighted by molar-refractivity contribution is -0.125. The Morgan fingerprint density at radius 1 is 1.50 bits per heavy atom. The number of hydrogen-bond acceptors (Lipinski definition) is 3. The fourth-order valence-electron chi connectivity index (χ4n) is 1.74. The van der Waals surface area contributed by atoms with Gasteiger partial charge in [0.25, 0.3) is 0 Å². The van der Waals surface area contributed by atoms with Crippen LogP contribution in [0.1, 0.15) is 27.2 Å². The molecular weight excluding hydrogens is 196 g/mol. The molecule has 0 saturated carbocycles. The lowest BCUT2D eigenvalue weighted by Crippen LogP contribution is -2.37. The quantitative estimate of drug-likeness (QED) is 0.693. The molecule has 4 heteroatoms. The third-order valence-corrected chi connectivity index (χ3v) is 2.88. The molecule has 14 heavy (non-hydrogen) atoms. The van der Waals surface area contributed by atoms with Crippen LogP contribution in [-0.4, -0.2) is 35.3 Å². The number of likely N-dealkylation sites (tertiary alicyclic amines) is 1. The minimum absolute atomic E-state index is 0.159. The van der Waals surface area contributed by atoms with Crippen molar-refractivity contribution in [2.45, 2.75) is 38.6 Å². The first-order valence-electron chi connectivity index (χ1n) is 5.23. The maximum Gasteiger partial charge on any atom is 0.224 e. The molecule has 1 fully saturated rings. The fourth-order valence-corrected chi connectivity index (χ4v) is 1.95. The van der Waals surface area contributed by atoms with Crippen molar-refractivity contribution >= 4 is 18.5 Å². The zero-order valence-electron chi connectivity index (χ0n) is 9.16. The summed E-state index contributed by atoms with van der Waals surface area (Å²) in [4.78, 5) is 13.9. The lowest BCUT2D eigenvalue weighted by atomic mass is 10.1. The second-order valence-corrected chi connectivity index (χ2v) is 5.02. The van der Waals surface area contributed by atoms with Crippen LogP contribution in [0.2, 0.25) is 0 Å². The van der Waals surface area contributed by atoms with Crippen molar-refractivity contribution in [2.24, 2.45) is 5.92 Å². The molecule has 0 radical (unpaired) electrons. The van der Waals surface area contributed by atoms with Gasteiger partial charge in [-0.1, -0.05) is 0 Å². The van der Waals surface area contributed by atoms with E-state index in [9.17, 15) is 4.79 Å². The maximum atomic E-state index is 11.7. The van der Waals surface area contributed by atoms with Crippen LogP contribution in [-0.2, 0) is 4.79 Å².